The van der Waals surface area contributed by atoms with Crippen molar-refractivity contribution in [2.45, 2.75) is 20.0 Å². The summed E-state index contributed by atoms with van der Waals surface area (Å²) >= 11 is 0. The van der Waals surface area contributed by atoms with Gasteiger partial charge in [-0.2, -0.15) is 0 Å². The van der Waals surface area contributed by atoms with Crippen LogP contribution in [0.2, 0.25) is 0 Å². The third kappa shape index (κ3) is 2.86. The number of anilines is 1. The number of hydrogen-bond donors (Lipinski definition) is 2. The molecule has 6 heteroatoms. The molecule has 0 saturated carbocycles. The number of benzene rings is 1. The molecule has 6 nitrogen and oxygen atoms in total. The fourth-order valence-electron chi connectivity index (χ4n) is 2.66. The maximum absolute atomic E-state index is 12.7. The van der Waals surface area contributed by atoms with E-state index < -0.39 is 5.91 Å². The molecule has 3 rings (SSSR count). The molecule has 0 fully saturated rings. The first kappa shape index (κ1) is 15.7. The van der Waals surface area contributed by atoms with Gasteiger partial charge in [-0.25, -0.2) is 0 Å². The molecule has 2 heterocycles. The lowest BCUT2D eigenvalue weighted by Crippen LogP contribution is -2.30. The van der Waals surface area contributed by atoms with Gasteiger partial charge in [0, 0.05) is 24.6 Å². The van der Waals surface area contributed by atoms with E-state index in [-0.39, 0.29) is 17.5 Å². The SMILES string of the molecule is CCn1cc(C(=O)NCc2ccccn2)c(=O)c2c(N)cccc21. The van der Waals surface area contributed by atoms with Crippen molar-refractivity contribution in [2.24, 2.45) is 0 Å². The van der Waals surface area contributed by atoms with Crippen LogP contribution >= 0.6 is 0 Å². The highest BCUT2D eigenvalue weighted by Crippen LogP contribution is 2.18. The van der Waals surface area contributed by atoms with Crippen molar-refractivity contribution >= 4 is 22.5 Å². The van der Waals surface area contributed by atoms with Gasteiger partial charge in [-0.3, -0.25) is 14.6 Å². The molecule has 3 aromatic rings. The molecule has 0 unspecified atom stereocenters. The van der Waals surface area contributed by atoms with E-state index >= 15 is 0 Å². The molecule has 0 aliphatic carbocycles. The Kier molecular flexibility index (Phi) is 4.29. The Hall–Kier alpha value is -3.15. The minimum absolute atomic E-state index is 0.0816. The second kappa shape index (κ2) is 6.54. The fourth-order valence-corrected chi connectivity index (χ4v) is 2.66. The Morgan fingerprint density at radius 1 is 1.25 bits per heavy atom. The number of nitrogens with zero attached hydrogens (tertiary/aromatic N) is 2. The lowest BCUT2D eigenvalue weighted by molar-refractivity contribution is 0.0949. The van der Waals surface area contributed by atoms with E-state index in [0.717, 1.165) is 11.2 Å². The average Bonchev–Trinajstić information content (AvgIpc) is 2.61. The number of fused-ring (bicyclic) bond motifs is 1. The van der Waals surface area contributed by atoms with E-state index in [2.05, 4.69) is 10.3 Å². The first-order chi connectivity index (χ1) is 11.6. The lowest BCUT2D eigenvalue weighted by atomic mass is 10.1. The number of carbonyl (C=O) groups is 1. The number of aryl methyl sites for hydroxylation is 1. The predicted molar refractivity (Wildman–Crippen MR) is 93.7 cm³/mol. The van der Waals surface area contributed by atoms with Gasteiger partial charge in [-0.1, -0.05) is 12.1 Å². The van der Waals surface area contributed by atoms with Gasteiger partial charge in [0.25, 0.3) is 5.91 Å². The molecule has 122 valence electrons. The van der Waals surface area contributed by atoms with Crippen LogP contribution in [-0.4, -0.2) is 15.5 Å². The van der Waals surface area contributed by atoms with E-state index in [1.165, 1.54) is 0 Å². The molecule has 2 aromatic heterocycles. The summed E-state index contributed by atoms with van der Waals surface area (Å²) < 4.78 is 1.85. The number of nitrogens with one attached hydrogen (secondary N) is 1. The van der Waals surface area contributed by atoms with Gasteiger partial charge in [-0.05, 0) is 31.2 Å². The second-order valence-corrected chi connectivity index (χ2v) is 5.40. The Bertz CT molecular complexity index is 948. The molecular formula is C18H18N4O2. The van der Waals surface area contributed by atoms with Crippen LogP contribution in [0.3, 0.4) is 0 Å². The largest absolute Gasteiger partial charge is 0.398 e. The number of rotatable bonds is 4. The normalized spacial score (nSPS) is 10.7. The second-order valence-electron chi connectivity index (χ2n) is 5.40. The van der Waals surface area contributed by atoms with Gasteiger partial charge in [0.2, 0.25) is 5.43 Å². The zero-order valence-corrected chi connectivity index (χ0v) is 13.3. The Morgan fingerprint density at radius 2 is 2.08 bits per heavy atom. The van der Waals surface area contributed by atoms with Crippen LogP contribution in [0.4, 0.5) is 5.69 Å². The fraction of sp³-hybridized carbons (Fsp3) is 0.167. The molecule has 0 aliphatic heterocycles. The number of aromatic nitrogens is 2. The maximum Gasteiger partial charge on any atom is 0.257 e. The average molecular weight is 322 g/mol. The van der Waals surface area contributed by atoms with Crippen molar-refractivity contribution in [3.63, 3.8) is 0 Å². The van der Waals surface area contributed by atoms with E-state index in [1.807, 2.05) is 29.7 Å². The minimum Gasteiger partial charge on any atom is -0.398 e. The van der Waals surface area contributed by atoms with Gasteiger partial charge in [0.15, 0.2) is 0 Å². The van der Waals surface area contributed by atoms with E-state index in [1.54, 1.807) is 30.6 Å². The van der Waals surface area contributed by atoms with Crippen LogP contribution in [-0.2, 0) is 13.1 Å². The predicted octanol–water partition coefficient (Wildman–Crippen LogP) is 1.93. The third-order valence-corrected chi connectivity index (χ3v) is 3.88. The van der Waals surface area contributed by atoms with Crippen molar-refractivity contribution in [1.82, 2.24) is 14.9 Å². The monoisotopic (exact) mass is 322 g/mol. The Labute approximate surface area is 138 Å². The standard InChI is InChI=1S/C18H18N4O2/c1-2-22-11-13(17(23)16-14(19)7-5-8-15(16)22)18(24)21-10-12-6-3-4-9-20-12/h3-9,11H,2,10,19H2,1H3,(H,21,24). The molecular weight excluding hydrogens is 304 g/mol. The lowest BCUT2D eigenvalue weighted by Gasteiger charge is -2.13. The number of hydrogen-bond acceptors (Lipinski definition) is 4. The zero-order chi connectivity index (χ0) is 17.1. The van der Waals surface area contributed by atoms with E-state index in [9.17, 15) is 9.59 Å². The summed E-state index contributed by atoms with van der Waals surface area (Å²) in [6.07, 6.45) is 3.24. The molecule has 0 radical (unpaired) electrons. The summed E-state index contributed by atoms with van der Waals surface area (Å²) in [6, 6.07) is 10.7. The van der Waals surface area contributed by atoms with Crippen LogP contribution in [0.15, 0.2) is 53.6 Å². The van der Waals surface area contributed by atoms with Crippen molar-refractivity contribution in [3.8, 4) is 0 Å². The van der Waals surface area contributed by atoms with Crippen LogP contribution in [0.1, 0.15) is 23.0 Å². The quantitative estimate of drug-likeness (QED) is 0.718. The van der Waals surface area contributed by atoms with Gasteiger partial charge >= 0.3 is 0 Å². The van der Waals surface area contributed by atoms with Gasteiger partial charge in [-0.15, -0.1) is 0 Å². The molecule has 0 spiro atoms. The van der Waals surface area contributed by atoms with E-state index in [4.69, 9.17) is 5.73 Å². The van der Waals surface area contributed by atoms with E-state index in [0.29, 0.717) is 17.6 Å². The van der Waals surface area contributed by atoms with Gasteiger partial charge in [0.1, 0.15) is 5.56 Å². The smallest absolute Gasteiger partial charge is 0.257 e. The molecule has 1 aromatic carbocycles. The minimum atomic E-state index is -0.432. The number of carbonyl (C=O) groups excluding carboxylic acids is 1. The summed E-state index contributed by atoms with van der Waals surface area (Å²) in [4.78, 5) is 29.3. The number of nitrogens with two attached hydrogens (primary N) is 1. The third-order valence-electron chi connectivity index (χ3n) is 3.88. The molecule has 0 aliphatic rings. The number of nitrogen functional groups attached to an aromatic ring is 1. The van der Waals surface area contributed by atoms with Crippen molar-refractivity contribution < 1.29 is 4.79 Å². The maximum atomic E-state index is 12.7. The highest BCUT2D eigenvalue weighted by molar-refractivity contribution is 6.00. The summed E-state index contributed by atoms with van der Waals surface area (Å²) in [7, 11) is 0. The van der Waals surface area contributed by atoms with Crippen molar-refractivity contribution in [1.29, 1.82) is 0 Å². The van der Waals surface area contributed by atoms with Gasteiger partial charge in [0.05, 0.1) is 23.1 Å². The highest BCUT2D eigenvalue weighted by atomic mass is 16.2. The first-order valence-electron chi connectivity index (χ1n) is 7.71. The van der Waals surface area contributed by atoms with Gasteiger partial charge < -0.3 is 15.6 Å². The zero-order valence-electron chi connectivity index (χ0n) is 13.3. The van der Waals surface area contributed by atoms with Crippen LogP contribution in [0.5, 0.6) is 0 Å². The van der Waals surface area contributed by atoms with Crippen LogP contribution < -0.4 is 16.5 Å². The molecule has 1 amide bonds. The Morgan fingerprint density at radius 3 is 2.79 bits per heavy atom. The molecule has 0 atom stereocenters. The number of pyridine rings is 2. The summed E-state index contributed by atoms with van der Waals surface area (Å²) in [5.41, 5.74) is 7.51. The number of amides is 1. The summed E-state index contributed by atoms with van der Waals surface area (Å²) in [5.74, 6) is -0.432. The molecule has 0 saturated heterocycles. The Balaban J connectivity index is 2.00. The van der Waals surface area contributed by atoms with Crippen LogP contribution in [0, 0.1) is 0 Å². The molecule has 24 heavy (non-hydrogen) atoms. The molecule has 0 bridgehead atoms. The topological polar surface area (TPSA) is 90.0 Å². The summed E-state index contributed by atoms with van der Waals surface area (Å²) in [6.45, 7) is 2.83. The van der Waals surface area contributed by atoms with Crippen molar-refractivity contribution in [2.75, 3.05) is 5.73 Å². The highest BCUT2D eigenvalue weighted by Gasteiger charge is 2.16. The van der Waals surface area contributed by atoms with Crippen molar-refractivity contribution in [3.05, 3.63) is 70.3 Å². The molecule has 3 N–H and O–H groups in total. The summed E-state index contributed by atoms with van der Waals surface area (Å²) in [5, 5.41) is 3.12. The first-order valence-corrected chi connectivity index (χ1v) is 7.71. The van der Waals surface area contributed by atoms with Crippen LogP contribution in [0.25, 0.3) is 10.9 Å².